The molecule has 2 aromatic rings. The highest BCUT2D eigenvalue weighted by molar-refractivity contribution is 6.06. The van der Waals surface area contributed by atoms with Crippen molar-refractivity contribution in [3.05, 3.63) is 59.4 Å². The van der Waals surface area contributed by atoms with E-state index in [1.165, 1.54) is 20.9 Å². The number of nitrogens with zero attached hydrogens (tertiary/aromatic N) is 5. The van der Waals surface area contributed by atoms with E-state index in [0.29, 0.717) is 0 Å². The first kappa shape index (κ1) is 18.4. The summed E-state index contributed by atoms with van der Waals surface area (Å²) in [6.45, 7) is 2.60. The number of aromatic nitrogens is 2. The maximum Gasteiger partial charge on any atom is 0.322 e. The van der Waals surface area contributed by atoms with Gasteiger partial charge in [0.1, 0.15) is 11.3 Å². The van der Waals surface area contributed by atoms with Gasteiger partial charge in [0.2, 0.25) is 5.69 Å². The molecule has 1 heterocycles. The monoisotopic (exact) mass is 364 g/mol. The molecular formula is C13H12N6O7. The first-order chi connectivity index (χ1) is 12.0. The van der Waals surface area contributed by atoms with E-state index in [9.17, 15) is 35.1 Å². The maximum absolute atomic E-state index is 12.3. The lowest BCUT2D eigenvalue weighted by Crippen LogP contribution is -2.15. The van der Waals surface area contributed by atoms with E-state index < -0.39 is 43.4 Å². The third-order valence-electron chi connectivity index (χ3n) is 3.70. The summed E-state index contributed by atoms with van der Waals surface area (Å²) in [4.78, 5) is 43.1. The van der Waals surface area contributed by atoms with Gasteiger partial charge in [0.15, 0.2) is 0 Å². The molecule has 0 aliphatic heterocycles. The fourth-order valence-electron chi connectivity index (χ4n) is 2.29. The van der Waals surface area contributed by atoms with E-state index in [1.54, 1.807) is 0 Å². The molecule has 0 aliphatic carbocycles. The number of nitro benzene ring substituents is 2. The van der Waals surface area contributed by atoms with E-state index in [2.05, 4.69) is 10.4 Å². The molecule has 0 bridgehead atoms. The molecule has 13 heteroatoms. The fourth-order valence-corrected chi connectivity index (χ4v) is 2.29. The normalized spacial score (nSPS) is 10.4. The van der Waals surface area contributed by atoms with Gasteiger partial charge in [0.25, 0.3) is 17.3 Å². The minimum atomic E-state index is -1.02. The number of amides is 1. The predicted molar refractivity (Wildman–Crippen MR) is 87.0 cm³/mol. The van der Waals surface area contributed by atoms with Crippen LogP contribution in [0.4, 0.5) is 22.7 Å². The van der Waals surface area contributed by atoms with E-state index in [1.807, 2.05) is 0 Å². The number of nitro groups is 3. The maximum atomic E-state index is 12.3. The number of hydrogen-bond donors (Lipinski definition) is 1. The van der Waals surface area contributed by atoms with Crippen molar-refractivity contribution in [3.63, 3.8) is 0 Å². The van der Waals surface area contributed by atoms with Crippen LogP contribution in [0.1, 0.15) is 21.7 Å². The minimum Gasteiger partial charge on any atom is -0.320 e. The summed E-state index contributed by atoms with van der Waals surface area (Å²) in [6, 6.07) is 1.86. The Balaban J connectivity index is 2.51. The van der Waals surface area contributed by atoms with Crippen molar-refractivity contribution in [2.24, 2.45) is 7.05 Å². The van der Waals surface area contributed by atoms with Gasteiger partial charge < -0.3 is 5.32 Å². The zero-order valence-corrected chi connectivity index (χ0v) is 13.7. The molecule has 0 fully saturated rings. The third kappa shape index (κ3) is 3.17. The van der Waals surface area contributed by atoms with Gasteiger partial charge in [-0.2, -0.15) is 5.10 Å². The van der Waals surface area contributed by atoms with Gasteiger partial charge in [-0.05, 0) is 13.8 Å². The molecule has 1 N–H and O–H groups in total. The molecule has 0 saturated heterocycles. The molecule has 0 atom stereocenters. The van der Waals surface area contributed by atoms with Crippen LogP contribution in [0, 0.1) is 44.2 Å². The minimum absolute atomic E-state index is 0.126. The van der Waals surface area contributed by atoms with Crippen molar-refractivity contribution in [2.45, 2.75) is 13.8 Å². The van der Waals surface area contributed by atoms with Crippen molar-refractivity contribution >= 4 is 28.7 Å². The van der Waals surface area contributed by atoms with Crippen LogP contribution in [0.5, 0.6) is 0 Å². The summed E-state index contributed by atoms with van der Waals surface area (Å²) in [5.74, 6) is -1.02. The second-order valence-corrected chi connectivity index (χ2v) is 5.27. The average molecular weight is 364 g/mol. The summed E-state index contributed by atoms with van der Waals surface area (Å²) in [5.41, 5.74) is -2.49. The van der Waals surface area contributed by atoms with Gasteiger partial charge in [-0.25, -0.2) is 0 Å². The van der Waals surface area contributed by atoms with Gasteiger partial charge in [-0.15, -0.1) is 0 Å². The number of carbonyl (C=O) groups is 1. The van der Waals surface area contributed by atoms with Crippen molar-refractivity contribution in [1.29, 1.82) is 0 Å². The lowest BCUT2D eigenvalue weighted by Gasteiger charge is -2.06. The summed E-state index contributed by atoms with van der Waals surface area (Å²) in [5, 5.41) is 39.2. The Hall–Kier alpha value is -3.90. The van der Waals surface area contributed by atoms with E-state index in [4.69, 9.17) is 0 Å². The number of aryl methyl sites for hydroxylation is 1. The largest absolute Gasteiger partial charge is 0.322 e. The average Bonchev–Trinajstić information content (AvgIpc) is 2.84. The van der Waals surface area contributed by atoms with Crippen LogP contribution in [0.25, 0.3) is 0 Å². The Kier molecular flexibility index (Phi) is 4.64. The van der Waals surface area contributed by atoms with Crippen molar-refractivity contribution < 1.29 is 19.6 Å². The summed E-state index contributed by atoms with van der Waals surface area (Å²) in [6.07, 6.45) is 0. The number of anilines is 1. The van der Waals surface area contributed by atoms with Crippen LogP contribution < -0.4 is 5.32 Å². The lowest BCUT2D eigenvalue weighted by atomic mass is 10.1. The summed E-state index contributed by atoms with van der Waals surface area (Å²) < 4.78 is 1.13. The molecule has 0 unspecified atom stereocenters. The highest BCUT2D eigenvalue weighted by atomic mass is 16.6. The van der Waals surface area contributed by atoms with Crippen molar-refractivity contribution in [2.75, 3.05) is 5.32 Å². The molecule has 1 aromatic carbocycles. The first-order valence-electron chi connectivity index (χ1n) is 6.97. The van der Waals surface area contributed by atoms with Crippen LogP contribution in [0.2, 0.25) is 0 Å². The number of hydrogen-bond acceptors (Lipinski definition) is 8. The molecule has 0 aliphatic rings. The van der Waals surface area contributed by atoms with Crippen molar-refractivity contribution in [3.8, 4) is 0 Å². The van der Waals surface area contributed by atoms with E-state index >= 15 is 0 Å². The molecule has 0 saturated carbocycles. The smallest absolute Gasteiger partial charge is 0.320 e. The molecule has 0 radical (unpaired) electrons. The molecule has 13 nitrogen and oxygen atoms in total. The highest BCUT2D eigenvalue weighted by Gasteiger charge is 2.30. The molecule has 1 amide bonds. The zero-order valence-electron chi connectivity index (χ0n) is 13.7. The van der Waals surface area contributed by atoms with Gasteiger partial charge in [-0.3, -0.25) is 39.8 Å². The van der Waals surface area contributed by atoms with Crippen LogP contribution >= 0.6 is 0 Å². The van der Waals surface area contributed by atoms with Crippen molar-refractivity contribution in [1.82, 2.24) is 9.78 Å². The van der Waals surface area contributed by atoms with E-state index in [0.717, 1.165) is 16.8 Å². The molecule has 136 valence electrons. The Morgan fingerprint density at radius 3 is 1.96 bits per heavy atom. The second-order valence-electron chi connectivity index (χ2n) is 5.27. The quantitative estimate of drug-likeness (QED) is 0.618. The Labute approximate surface area is 144 Å². The Bertz CT molecular complexity index is 929. The van der Waals surface area contributed by atoms with Gasteiger partial charge in [0.05, 0.1) is 20.5 Å². The highest BCUT2D eigenvalue weighted by Crippen LogP contribution is 2.32. The predicted octanol–water partition coefficient (Wildman–Crippen LogP) is 2.01. The summed E-state index contributed by atoms with van der Waals surface area (Å²) >= 11 is 0. The molecular weight excluding hydrogens is 352 g/mol. The van der Waals surface area contributed by atoms with Crippen LogP contribution in [0.15, 0.2) is 12.1 Å². The molecule has 2 rings (SSSR count). The number of rotatable bonds is 5. The summed E-state index contributed by atoms with van der Waals surface area (Å²) in [7, 11) is 1.40. The molecule has 1 aromatic heterocycles. The topological polar surface area (TPSA) is 176 Å². The third-order valence-corrected chi connectivity index (χ3v) is 3.70. The number of benzene rings is 1. The lowest BCUT2D eigenvalue weighted by molar-refractivity contribution is -0.395. The fraction of sp³-hybridized carbons (Fsp3) is 0.231. The van der Waals surface area contributed by atoms with Gasteiger partial charge >= 0.3 is 5.69 Å². The van der Waals surface area contributed by atoms with Crippen LogP contribution in [-0.4, -0.2) is 30.5 Å². The first-order valence-corrected chi connectivity index (χ1v) is 6.97. The second kappa shape index (κ2) is 6.54. The number of nitrogens with one attached hydrogen (secondary N) is 1. The zero-order chi connectivity index (χ0) is 19.8. The van der Waals surface area contributed by atoms with Gasteiger partial charge in [0, 0.05) is 19.2 Å². The molecule has 26 heavy (non-hydrogen) atoms. The van der Waals surface area contributed by atoms with Gasteiger partial charge in [-0.1, -0.05) is 0 Å². The van der Waals surface area contributed by atoms with Crippen LogP contribution in [0.3, 0.4) is 0 Å². The Morgan fingerprint density at radius 2 is 1.54 bits per heavy atom. The molecule has 0 spiro atoms. The van der Waals surface area contributed by atoms with Crippen LogP contribution in [-0.2, 0) is 7.05 Å². The number of carbonyl (C=O) groups excluding carboxylic acids is 1. The Morgan fingerprint density at radius 1 is 1.04 bits per heavy atom. The van der Waals surface area contributed by atoms with E-state index in [-0.39, 0.29) is 16.9 Å². The standard InChI is InChI=1S/C13H12N6O7/c1-6-9(17(21)22)4-8(5-10(6)18(23)24)14-13(20)11-12(19(25)26)7(2)16(3)15-11/h4-5H,1-3H3,(H,14,20). The SMILES string of the molecule is Cc1c([N+](=O)[O-])cc(NC(=O)c2nn(C)c(C)c2[N+](=O)[O-])cc1[N+](=O)[O-].